The van der Waals surface area contributed by atoms with E-state index in [1.54, 1.807) is 0 Å². The second kappa shape index (κ2) is 7.55. The molecule has 29 heavy (non-hydrogen) atoms. The van der Waals surface area contributed by atoms with Gasteiger partial charge < -0.3 is 14.7 Å². The van der Waals surface area contributed by atoms with Gasteiger partial charge >= 0.3 is 0 Å². The van der Waals surface area contributed by atoms with Crippen LogP contribution in [0.4, 0.5) is 0 Å². The average Bonchev–Trinajstić information content (AvgIpc) is 3.39. The normalized spacial score (nSPS) is 27.8. The maximum Gasteiger partial charge on any atom is 0.274 e. The zero-order valence-electron chi connectivity index (χ0n) is 16.6. The maximum absolute atomic E-state index is 13.3. The number of hydrogen-bond donors (Lipinski definition) is 2. The molecule has 2 saturated heterocycles. The maximum atomic E-state index is 13.3. The summed E-state index contributed by atoms with van der Waals surface area (Å²) in [7, 11) is 0. The van der Waals surface area contributed by atoms with Crippen molar-refractivity contribution in [2.24, 2.45) is 0 Å². The zero-order chi connectivity index (χ0) is 19.8. The molecule has 0 bridgehead atoms. The Kier molecular flexibility index (Phi) is 4.89. The minimum atomic E-state index is -0.983. The fraction of sp³-hybridized carbons (Fsp3) is 0.545. The fourth-order valence-corrected chi connectivity index (χ4v) is 5.12. The highest BCUT2D eigenvalue weighted by molar-refractivity contribution is 5.94. The number of benzene rings is 1. The molecule has 1 aromatic carbocycles. The fourth-order valence-electron chi connectivity index (χ4n) is 5.12. The molecule has 0 spiro atoms. The van der Waals surface area contributed by atoms with Gasteiger partial charge in [-0.2, -0.15) is 5.10 Å². The van der Waals surface area contributed by atoms with Gasteiger partial charge in [0.25, 0.3) is 5.91 Å². The van der Waals surface area contributed by atoms with Crippen molar-refractivity contribution in [1.29, 1.82) is 0 Å². The molecule has 3 aliphatic rings. The first-order valence-corrected chi connectivity index (χ1v) is 10.6. The van der Waals surface area contributed by atoms with Crippen molar-refractivity contribution in [1.82, 2.24) is 20.0 Å². The molecule has 2 aliphatic heterocycles. The third-order valence-corrected chi connectivity index (χ3v) is 6.76. The largest absolute Gasteiger partial charge is 0.383 e. The Bertz CT molecular complexity index is 877. The Hall–Kier alpha value is -2.22. The summed E-state index contributed by atoms with van der Waals surface area (Å²) in [6.45, 7) is 3.85. The van der Waals surface area contributed by atoms with E-state index >= 15 is 0 Å². The van der Waals surface area contributed by atoms with E-state index in [2.05, 4.69) is 15.1 Å². The number of rotatable bonds is 3. The highest BCUT2D eigenvalue weighted by Crippen LogP contribution is 2.37. The van der Waals surface area contributed by atoms with E-state index in [0.717, 1.165) is 49.2 Å². The molecule has 0 unspecified atom stereocenters. The number of amides is 1. The highest BCUT2D eigenvalue weighted by atomic mass is 16.5. The number of aryl methyl sites for hydroxylation is 1. The van der Waals surface area contributed by atoms with Crippen LogP contribution >= 0.6 is 0 Å². The predicted molar refractivity (Wildman–Crippen MR) is 108 cm³/mol. The van der Waals surface area contributed by atoms with E-state index in [0.29, 0.717) is 38.4 Å². The number of likely N-dealkylation sites (tertiary alicyclic amines) is 1. The van der Waals surface area contributed by atoms with Crippen molar-refractivity contribution in [3.8, 4) is 0 Å². The predicted octanol–water partition coefficient (Wildman–Crippen LogP) is 1.33. The summed E-state index contributed by atoms with van der Waals surface area (Å²) in [5.41, 5.74) is 2.70. The summed E-state index contributed by atoms with van der Waals surface area (Å²) in [5, 5.41) is 19.2. The van der Waals surface area contributed by atoms with Gasteiger partial charge in [0.05, 0.1) is 19.3 Å². The lowest BCUT2D eigenvalue weighted by atomic mass is 9.79. The van der Waals surface area contributed by atoms with Gasteiger partial charge in [-0.25, -0.2) is 0 Å². The number of aromatic amines is 1. The molecule has 0 radical (unpaired) electrons. The molecule has 7 heteroatoms. The van der Waals surface area contributed by atoms with Crippen molar-refractivity contribution in [3.05, 3.63) is 52.8 Å². The van der Waals surface area contributed by atoms with Crippen LogP contribution in [0.15, 0.2) is 30.3 Å². The number of H-pyrrole nitrogens is 1. The van der Waals surface area contributed by atoms with Crippen molar-refractivity contribution in [3.63, 3.8) is 0 Å². The van der Waals surface area contributed by atoms with Gasteiger partial charge in [-0.15, -0.1) is 0 Å². The molecule has 7 nitrogen and oxygen atoms in total. The summed E-state index contributed by atoms with van der Waals surface area (Å²) in [6.07, 6.45) is 3.48. The molecule has 154 valence electrons. The van der Waals surface area contributed by atoms with Crippen LogP contribution in [0, 0.1) is 0 Å². The first-order chi connectivity index (χ1) is 14.2. The number of aliphatic hydroxyl groups is 1. The number of carbonyl (C=O) groups is 1. The zero-order valence-corrected chi connectivity index (χ0v) is 16.6. The molecular weight excluding hydrogens is 368 g/mol. The molecule has 3 heterocycles. The van der Waals surface area contributed by atoms with Crippen molar-refractivity contribution in [2.75, 3.05) is 39.4 Å². The lowest BCUT2D eigenvalue weighted by Gasteiger charge is -2.50. The van der Waals surface area contributed by atoms with E-state index in [1.165, 1.54) is 0 Å². The van der Waals surface area contributed by atoms with Crippen LogP contribution in [0.1, 0.15) is 40.2 Å². The van der Waals surface area contributed by atoms with Crippen LogP contribution < -0.4 is 0 Å². The minimum Gasteiger partial charge on any atom is -0.383 e. The molecular formula is C22H28N4O3. The van der Waals surface area contributed by atoms with Gasteiger partial charge in [0.2, 0.25) is 0 Å². The Morgan fingerprint density at radius 3 is 2.76 bits per heavy atom. The molecule has 1 aliphatic carbocycles. The standard InChI is InChI=1S/C22H28N4O3/c27-21(20-17-7-4-8-18(17)23-24-20)26-10-9-22(28,16-5-2-1-3-6-16)19(15-26)25-11-13-29-14-12-25/h1-3,5-6,19,28H,4,7-15H2,(H,23,24)/t19-,22+/m1/s1. The van der Waals surface area contributed by atoms with Gasteiger partial charge in [-0.05, 0) is 31.2 Å². The number of carbonyl (C=O) groups excluding carboxylic acids is 1. The van der Waals surface area contributed by atoms with Crippen molar-refractivity contribution >= 4 is 5.91 Å². The third kappa shape index (κ3) is 3.27. The highest BCUT2D eigenvalue weighted by Gasteiger charge is 2.47. The van der Waals surface area contributed by atoms with E-state index in [9.17, 15) is 9.90 Å². The summed E-state index contributed by atoms with van der Waals surface area (Å²) in [4.78, 5) is 17.5. The van der Waals surface area contributed by atoms with Gasteiger partial charge in [0.15, 0.2) is 5.69 Å². The molecule has 2 aromatic rings. The van der Waals surface area contributed by atoms with E-state index in [1.807, 2.05) is 35.2 Å². The molecule has 5 rings (SSSR count). The van der Waals surface area contributed by atoms with Crippen LogP contribution in [0.2, 0.25) is 0 Å². The summed E-state index contributed by atoms with van der Waals surface area (Å²) in [6, 6.07) is 9.71. The summed E-state index contributed by atoms with van der Waals surface area (Å²) in [5.74, 6) is -0.0160. The number of morpholine rings is 1. The quantitative estimate of drug-likeness (QED) is 0.818. The van der Waals surface area contributed by atoms with Crippen LogP contribution in [-0.2, 0) is 23.2 Å². The smallest absolute Gasteiger partial charge is 0.274 e. The number of nitrogens with zero attached hydrogens (tertiary/aromatic N) is 3. The average molecular weight is 396 g/mol. The Balaban J connectivity index is 1.43. The second-order valence-electron chi connectivity index (χ2n) is 8.34. The monoisotopic (exact) mass is 396 g/mol. The van der Waals surface area contributed by atoms with Crippen LogP contribution in [0.5, 0.6) is 0 Å². The number of fused-ring (bicyclic) bond motifs is 1. The summed E-state index contributed by atoms with van der Waals surface area (Å²) < 4.78 is 5.53. The van der Waals surface area contributed by atoms with Gasteiger partial charge in [-0.1, -0.05) is 30.3 Å². The Morgan fingerprint density at radius 1 is 1.17 bits per heavy atom. The van der Waals surface area contributed by atoms with Gasteiger partial charge in [-0.3, -0.25) is 14.8 Å². The number of aromatic nitrogens is 2. The van der Waals surface area contributed by atoms with E-state index in [-0.39, 0.29) is 11.9 Å². The van der Waals surface area contributed by atoms with Gasteiger partial charge in [0.1, 0.15) is 5.60 Å². The topological polar surface area (TPSA) is 81.7 Å². The first kappa shape index (κ1) is 18.8. The lowest BCUT2D eigenvalue weighted by molar-refractivity contribution is -0.112. The molecule has 1 aromatic heterocycles. The number of piperidine rings is 1. The third-order valence-electron chi connectivity index (χ3n) is 6.76. The van der Waals surface area contributed by atoms with Crippen LogP contribution in [0.3, 0.4) is 0 Å². The van der Waals surface area contributed by atoms with Crippen LogP contribution in [-0.4, -0.2) is 76.4 Å². The van der Waals surface area contributed by atoms with E-state index < -0.39 is 5.60 Å². The van der Waals surface area contributed by atoms with Crippen LogP contribution in [0.25, 0.3) is 0 Å². The molecule has 2 fully saturated rings. The molecule has 2 atom stereocenters. The number of hydrogen-bond acceptors (Lipinski definition) is 5. The first-order valence-electron chi connectivity index (χ1n) is 10.6. The minimum absolute atomic E-state index is 0.0160. The van der Waals surface area contributed by atoms with Crippen molar-refractivity contribution in [2.45, 2.75) is 37.3 Å². The molecule has 2 N–H and O–H groups in total. The van der Waals surface area contributed by atoms with Crippen molar-refractivity contribution < 1.29 is 14.6 Å². The SMILES string of the molecule is O=C(c1n[nH]c2c1CCC2)N1CC[C@](O)(c2ccccc2)[C@H](N2CCOCC2)C1. The lowest BCUT2D eigenvalue weighted by Crippen LogP contribution is -2.63. The summed E-state index contributed by atoms with van der Waals surface area (Å²) >= 11 is 0. The van der Waals surface area contributed by atoms with Gasteiger partial charge in [0, 0.05) is 37.4 Å². The number of ether oxygens (including phenoxy) is 1. The Labute approximate surface area is 170 Å². The Morgan fingerprint density at radius 2 is 1.97 bits per heavy atom. The second-order valence-corrected chi connectivity index (χ2v) is 8.34. The molecule has 1 amide bonds. The van der Waals surface area contributed by atoms with E-state index in [4.69, 9.17) is 4.74 Å². The molecule has 0 saturated carbocycles. The number of nitrogens with one attached hydrogen (secondary N) is 1.